The van der Waals surface area contributed by atoms with Crippen molar-refractivity contribution in [2.24, 2.45) is 11.8 Å². The number of nitrogens with zero attached hydrogens (tertiary/aromatic N) is 2. The lowest BCUT2D eigenvalue weighted by Crippen LogP contribution is -2.13. The summed E-state index contributed by atoms with van der Waals surface area (Å²) in [7, 11) is 0. The summed E-state index contributed by atoms with van der Waals surface area (Å²) in [6.07, 6.45) is 4.04. The molecule has 114 valence electrons. The molecule has 0 amide bonds. The number of aromatic nitrogens is 2. The summed E-state index contributed by atoms with van der Waals surface area (Å²) in [5.74, 6) is 3.38. The van der Waals surface area contributed by atoms with E-state index in [1.54, 1.807) is 11.3 Å². The Morgan fingerprint density at radius 3 is 2.86 bits per heavy atom. The zero-order chi connectivity index (χ0) is 14.8. The number of hydrogen-bond acceptors (Lipinski definition) is 5. The average molecular weight is 304 g/mol. The van der Waals surface area contributed by atoms with E-state index < -0.39 is 0 Å². The first-order valence-corrected chi connectivity index (χ1v) is 8.73. The lowest BCUT2D eigenvalue weighted by atomic mass is 10.1. The molecule has 5 heteroatoms. The van der Waals surface area contributed by atoms with Gasteiger partial charge >= 0.3 is 0 Å². The van der Waals surface area contributed by atoms with E-state index in [2.05, 4.69) is 47.4 Å². The zero-order valence-corrected chi connectivity index (χ0v) is 13.9. The standard InChI is InChI=1S/C16H24N4S/c1-4-17-16-19-14(13-8-11(3)21-15(13)20-16)18-9-12-6-5-10(2)7-12/h8,10,12H,4-7,9H2,1-3H3,(H2,17,18,19,20). The summed E-state index contributed by atoms with van der Waals surface area (Å²) in [6, 6.07) is 2.19. The minimum Gasteiger partial charge on any atom is -0.369 e. The molecule has 21 heavy (non-hydrogen) atoms. The molecule has 0 aliphatic heterocycles. The summed E-state index contributed by atoms with van der Waals surface area (Å²) in [5.41, 5.74) is 0. The molecular formula is C16H24N4S. The molecule has 2 aromatic rings. The highest BCUT2D eigenvalue weighted by molar-refractivity contribution is 7.18. The maximum atomic E-state index is 4.66. The van der Waals surface area contributed by atoms with Gasteiger partial charge in [0, 0.05) is 18.0 Å². The number of thiophene rings is 1. The van der Waals surface area contributed by atoms with E-state index in [0.29, 0.717) is 0 Å². The van der Waals surface area contributed by atoms with E-state index >= 15 is 0 Å². The predicted octanol–water partition coefficient (Wildman–Crippen LogP) is 4.28. The number of aryl methyl sites for hydroxylation is 1. The van der Waals surface area contributed by atoms with E-state index in [-0.39, 0.29) is 0 Å². The normalized spacial score (nSPS) is 21.9. The van der Waals surface area contributed by atoms with Gasteiger partial charge in [0.2, 0.25) is 5.95 Å². The van der Waals surface area contributed by atoms with Gasteiger partial charge in [-0.2, -0.15) is 4.98 Å². The predicted molar refractivity (Wildman–Crippen MR) is 91.3 cm³/mol. The highest BCUT2D eigenvalue weighted by Crippen LogP contribution is 2.32. The van der Waals surface area contributed by atoms with Crippen LogP contribution in [0.2, 0.25) is 0 Å². The van der Waals surface area contributed by atoms with Gasteiger partial charge in [-0.1, -0.05) is 13.3 Å². The topological polar surface area (TPSA) is 49.8 Å². The van der Waals surface area contributed by atoms with E-state index in [9.17, 15) is 0 Å². The Kier molecular flexibility index (Phi) is 4.29. The van der Waals surface area contributed by atoms with Gasteiger partial charge in [0.15, 0.2) is 0 Å². The second-order valence-corrected chi connectivity index (χ2v) is 7.40. The summed E-state index contributed by atoms with van der Waals surface area (Å²) in [5, 5.41) is 7.96. The molecule has 3 rings (SSSR count). The van der Waals surface area contributed by atoms with Crippen molar-refractivity contribution in [2.75, 3.05) is 23.7 Å². The molecule has 2 unspecified atom stereocenters. The van der Waals surface area contributed by atoms with Crippen LogP contribution in [0.5, 0.6) is 0 Å². The molecular weight excluding hydrogens is 280 g/mol. The Morgan fingerprint density at radius 2 is 2.14 bits per heavy atom. The summed E-state index contributed by atoms with van der Waals surface area (Å²) >= 11 is 1.73. The van der Waals surface area contributed by atoms with Gasteiger partial charge in [-0.3, -0.25) is 0 Å². The SMILES string of the molecule is CCNc1nc(NCC2CCC(C)C2)c2cc(C)sc2n1. The van der Waals surface area contributed by atoms with Crippen molar-refractivity contribution in [3.05, 3.63) is 10.9 Å². The third-order valence-electron chi connectivity index (χ3n) is 4.21. The maximum absolute atomic E-state index is 4.66. The van der Waals surface area contributed by atoms with E-state index in [1.807, 2.05) is 0 Å². The molecule has 2 atom stereocenters. The summed E-state index contributed by atoms with van der Waals surface area (Å²) in [4.78, 5) is 11.6. The Morgan fingerprint density at radius 1 is 1.29 bits per heavy atom. The van der Waals surface area contributed by atoms with Gasteiger partial charge in [-0.05, 0) is 44.6 Å². The Hall–Kier alpha value is -1.36. The molecule has 0 radical (unpaired) electrons. The third-order valence-corrected chi connectivity index (χ3v) is 5.16. The van der Waals surface area contributed by atoms with Crippen LogP contribution in [0.3, 0.4) is 0 Å². The molecule has 1 saturated carbocycles. The molecule has 1 aliphatic rings. The number of fused-ring (bicyclic) bond motifs is 1. The second-order valence-electron chi connectivity index (χ2n) is 6.17. The van der Waals surface area contributed by atoms with E-state index in [0.717, 1.165) is 46.9 Å². The lowest BCUT2D eigenvalue weighted by molar-refractivity contribution is 0.537. The van der Waals surface area contributed by atoms with Crippen molar-refractivity contribution in [2.45, 2.75) is 40.0 Å². The van der Waals surface area contributed by atoms with Crippen molar-refractivity contribution >= 4 is 33.3 Å². The molecule has 2 heterocycles. The summed E-state index contributed by atoms with van der Waals surface area (Å²) in [6.45, 7) is 8.42. The first-order valence-electron chi connectivity index (χ1n) is 7.91. The van der Waals surface area contributed by atoms with Crippen molar-refractivity contribution in [1.29, 1.82) is 0 Å². The first-order chi connectivity index (χ1) is 10.2. The van der Waals surface area contributed by atoms with Crippen LogP contribution < -0.4 is 10.6 Å². The lowest BCUT2D eigenvalue weighted by Gasteiger charge is -2.13. The van der Waals surface area contributed by atoms with Crippen LogP contribution in [0.25, 0.3) is 10.2 Å². The molecule has 4 nitrogen and oxygen atoms in total. The minimum atomic E-state index is 0.731. The maximum Gasteiger partial charge on any atom is 0.226 e. The molecule has 0 spiro atoms. The largest absolute Gasteiger partial charge is 0.369 e. The number of rotatable bonds is 5. The van der Waals surface area contributed by atoms with E-state index in [4.69, 9.17) is 0 Å². The van der Waals surface area contributed by atoms with Crippen molar-refractivity contribution in [3.63, 3.8) is 0 Å². The monoisotopic (exact) mass is 304 g/mol. The van der Waals surface area contributed by atoms with Crippen LogP contribution in [-0.4, -0.2) is 23.1 Å². The molecule has 0 saturated heterocycles. The van der Waals surface area contributed by atoms with Gasteiger partial charge in [0.25, 0.3) is 0 Å². The van der Waals surface area contributed by atoms with Crippen LogP contribution >= 0.6 is 11.3 Å². The molecule has 0 aromatic carbocycles. The number of nitrogens with one attached hydrogen (secondary N) is 2. The Labute approximate surface area is 130 Å². The smallest absolute Gasteiger partial charge is 0.226 e. The molecule has 2 aromatic heterocycles. The van der Waals surface area contributed by atoms with Crippen LogP contribution in [-0.2, 0) is 0 Å². The number of anilines is 2. The molecule has 0 bridgehead atoms. The highest BCUT2D eigenvalue weighted by atomic mass is 32.1. The van der Waals surface area contributed by atoms with Crippen molar-refractivity contribution < 1.29 is 0 Å². The molecule has 1 fully saturated rings. The average Bonchev–Trinajstić information content (AvgIpc) is 3.01. The quantitative estimate of drug-likeness (QED) is 0.865. The third kappa shape index (κ3) is 3.28. The van der Waals surface area contributed by atoms with E-state index in [1.165, 1.54) is 24.1 Å². The minimum absolute atomic E-state index is 0.731. The Balaban J connectivity index is 1.81. The molecule has 1 aliphatic carbocycles. The van der Waals surface area contributed by atoms with Crippen molar-refractivity contribution in [3.8, 4) is 0 Å². The van der Waals surface area contributed by atoms with Gasteiger partial charge in [0.05, 0.1) is 5.39 Å². The fourth-order valence-corrected chi connectivity index (χ4v) is 4.04. The van der Waals surface area contributed by atoms with Gasteiger partial charge in [-0.15, -0.1) is 11.3 Å². The fourth-order valence-electron chi connectivity index (χ4n) is 3.17. The Bertz CT molecular complexity index is 622. The molecule has 2 N–H and O–H groups in total. The second kappa shape index (κ2) is 6.18. The van der Waals surface area contributed by atoms with Crippen molar-refractivity contribution in [1.82, 2.24) is 9.97 Å². The zero-order valence-electron chi connectivity index (χ0n) is 13.1. The van der Waals surface area contributed by atoms with Crippen LogP contribution in [0.15, 0.2) is 6.07 Å². The van der Waals surface area contributed by atoms with Gasteiger partial charge in [0.1, 0.15) is 10.6 Å². The summed E-state index contributed by atoms with van der Waals surface area (Å²) < 4.78 is 0. The highest BCUT2D eigenvalue weighted by Gasteiger charge is 2.21. The fraction of sp³-hybridized carbons (Fsp3) is 0.625. The van der Waals surface area contributed by atoms with Gasteiger partial charge < -0.3 is 10.6 Å². The van der Waals surface area contributed by atoms with Crippen LogP contribution in [0.4, 0.5) is 11.8 Å². The first kappa shape index (κ1) is 14.6. The van der Waals surface area contributed by atoms with Gasteiger partial charge in [-0.25, -0.2) is 4.98 Å². The van der Waals surface area contributed by atoms with Crippen LogP contribution in [0, 0.1) is 18.8 Å². The van der Waals surface area contributed by atoms with Crippen LogP contribution in [0.1, 0.15) is 38.0 Å². The number of hydrogen-bond donors (Lipinski definition) is 2.